The minimum Gasteiger partial charge on any atom is -0.340 e. The number of hydrogen-bond acceptors (Lipinski definition) is 4. The molecule has 0 saturated heterocycles. The molecule has 1 amide bonds. The Morgan fingerprint density at radius 2 is 1.71 bits per heavy atom. The zero-order chi connectivity index (χ0) is 23.7. The summed E-state index contributed by atoms with van der Waals surface area (Å²) in [6.07, 6.45) is -2.96. The molecule has 3 N–H and O–H groups in total. The summed E-state index contributed by atoms with van der Waals surface area (Å²) in [5, 5.41) is 7.68. The van der Waals surface area contributed by atoms with Gasteiger partial charge in [-0.05, 0) is 42.0 Å². The van der Waals surface area contributed by atoms with Crippen LogP contribution in [-0.2, 0) is 17.4 Å². The third-order valence-electron chi connectivity index (χ3n) is 5.35. The van der Waals surface area contributed by atoms with Crippen molar-refractivity contribution in [2.75, 3.05) is 10.6 Å². The van der Waals surface area contributed by atoms with Crippen molar-refractivity contribution < 1.29 is 18.0 Å². The maximum Gasteiger partial charge on any atom is 0.416 e. The van der Waals surface area contributed by atoms with E-state index < -0.39 is 17.6 Å². The zero-order valence-electron chi connectivity index (χ0n) is 17.6. The molecule has 0 radical (unpaired) electrons. The zero-order valence-corrected chi connectivity index (χ0v) is 17.6. The average Bonchev–Trinajstić information content (AvgIpc) is 3.19. The van der Waals surface area contributed by atoms with E-state index in [0.717, 1.165) is 45.3 Å². The molecule has 9 heteroatoms. The number of H-pyrrole nitrogens is 1. The molecule has 0 bridgehead atoms. The van der Waals surface area contributed by atoms with Gasteiger partial charge in [-0.1, -0.05) is 36.4 Å². The Hall–Kier alpha value is -4.40. The maximum atomic E-state index is 12.9. The summed E-state index contributed by atoms with van der Waals surface area (Å²) in [6, 6.07) is 19.6. The van der Waals surface area contributed by atoms with Gasteiger partial charge in [0, 0.05) is 22.3 Å². The first-order valence-electron chi connectivity index (χ1n) is 10.4. The SMILES string of the molecule is O=C(Cc1ccc(Nc2ncnc3[nH]c4ccccc4c23)cc1)Nc1cccc(C(F)(F)F)c1. The van der Waals surface area contributed by atoms with Crippen LogP contribution in [0.25, 0.3) is 21.9 Å². The van der Waals surface area contributed by atoms with Gasteiger partial charge in [0.15, 0.2) is 0 Å². The van der Waals surface area contributed by atoms with Crippen molar-refractivity contribution >= 4 is 45.0 Å². The van der Waals surface area contributed by atoms with Gasteiger partial charge in [-0.3, -0.25) is 4.79 Å². The van der Waals surface area contributed by atoms with Crippen molar-refractivity contribution in [1.82, 2.24) is 15.0 Å². The number of rotatable bonds is 5. The Labute approximate surface area is 191 Å². The van der Waals surface area contributed by atoms with Gasteiger partial charge in [-0.25, -0.2) is 9.97 Å². The van der Waals surface area contributed by atoms with Crippen molar-refractivity contribution in [1.29, 1.82) is 0 Å². The predicted octanol–water partition coefficient (Wildman–Crippen LogP) is 6.05. The fraction of sp³-hybridized carbons (Fsp3) is 0.0800. The average molecular weight is 461 g/mol. The number of nitrogens with zero attached hydrogens (tertiary/aromatic N) is 2. The van der Waals surface area contributed by atoms with Crippen LogP contribution in [0.3, 0.4) is 0 Å². The topological polar surface area (TPSA) is 82.7 Å². The molecule has 34 heavy (non-hydrogen) atoms. The molecule has 0 saturated carbocycles. The lowest BCUT2D eigenvalue weighted by atomic mass is 10.1. The third-order valence-corrected chi connectivity index (χ3v) is 5.35. The lowest BCUT2D eigenvalue weighted by molar-refractivity contribution is -0.137. The molecule has 0 atom stereocenters. The summed E-state index contributed by atoms with van der Waals surface area (Å²) >= 11 is 0. The maximum absolute atomic E-state index is 12.9. The van der Waals surface area contributed by atoms with E-state index in [9.17, 15) is 18.0 Å². The van der Waals surface area contributed by atoms with Gasteiger partial charge >= 0.3 is 6.18 Å². The second kappa shape index (κ2) is 8.51. The van der Waals surface area contributed by atoms with Gasteiger partial charge in [0.05, 0.1) is 17.4 Å². The molecule has 0 spiro atoms. The van der Waals surface area contributed by atoms with Crippen molar-refractivity contribution in [2.45, 2.75) is 12.6 Å². The molecule has 0 aliphatic carbocycles. The lowest BCUT2D eigenvalue weighted by Gasteiger charge is -2.10. The van der Waals surface area contributed by atoms with Crippen molar-refractivity contribution in [3.8, 4) is 0 Å². The molecule has 3 aromatic carbocycles. The van der Waals surface area contributed by atoms with Crippen LogP contribution in [0.15, 0.2) is 79.1 Å². The van der Waals surface area contributed by atoms with Crippen LogP contribution in [0.2, 0.25) is 0 Å². The van der Waals surface area contributed by atoms with Crippen molar-refractivity contribution in [3.63, 3.8) is 0 Å². The number of carbonyl (C=O) groups is 1. The highest BCUT2D eigenvalue weighted by molar-refractivity contribution is 6.11. The molecule has 0 aliphatic heterocycles. The Kier molecular flexibility index (Phi) is 5.37. The molecule has 2 heterocycles. The van der Waals surface area contributed by atoms with E-state index in [-0.39, 0.29) is 12.1 Å². The van der Waals surface area contributed by atoms with Crippen LogP contribution >= 0.6 is 0 Å². The quantitative estimate of drug-likeness (QED) is 0.297. The fourth-order valence-corrected chi connectivity index (χ4v) is 3.77. The first kappa shape index (κ1) is 21.4. The van der Waals surface area contributed by atoms with Crippen LogP contribution in [-0.4, -0.2) is 20.9 Å². The summed E-state index contributed by atoms with van der Waals surface area (Å²) in [5.74, 6) is 0.244. The van der Waals surface area contributed by atoms with Crippen molar-refractivity contribution in [2.24, 2.45) is 0 Å². The monoisotopic (exact) mass is 461 g/mol. The minimum atomic E-state index is -4.47. The molecular formula is C25H18F3N5O. The van der Waals surface area contributed by atoms with E-state index in [1.807, 2.05) is 36.4 Å². The molecule has 5 rings (SSSR count). The summed E-state index contributed by atoms with van der Waals surface area (Å²) < 4.78 is 38.6. The first-order chi connectivity index (χ1) is 16.4. The summed E-state index contributed by atoms with van der Waals surface area (Å²) in [6.45, 7) is 0. The Morgan fingerprint density at radius 3 is 2.50 bits per heavy atom. The number of nitrogens with one attached hydrogen (secondary N) is 3. The number of hydrogen-bond donors (Lipinski definition) is 3. The Bertz CT molecular complexity index is 1490. The summed E-state index contributed by atoms with van der Waals surface area (Å²) in [4.78, 5) is 24.3. The highest BCUT2D eigenvalue weighted by atomic mass is 19.4. The van der Waals surface area contributed by atoms with Gasteiger partial charge in [-0.2, -0.15) is 13.2 Å². The second-order valence-corrected chi connectivity index (χ2v) is 7.74. The lowest BCUT2D eigenvalue weighted by Crippen LogP contribution is -2.15. The van der Waals surface area contributed by atoms with E-state index in [4.69, 9.17) is 0 Å². The summed E-state index contributed by atoms with van der Waals surface area (Å²) in [5.41, 5.74) is 2.46. The number of benzene rings is 3. The molecule has 0 unspecified atom stereocenters. The molecular weight excluding hydrogens is 443 g/mol. The van der Waals surface area contributed by atoms with Crippen LogP contribution in [0, 0.1) is 0 Å². The van der Waals surface area contributed by atoms with E-state index in [0.29, 0.717) is 5.82 Å². The molecule has 0 fully saturated rings. The van der Waals surface area contributed by atoms with Crippen LogP contribution < -0.4 is 10.6 Å². The van der Waals surface area contributed by atoms with Gasteiger partial charge in [-0.15, -0.1) is 0 Å². The number of anilines is 3. The van der Waals surface area contributed by atoms with Crippen LogP contribution in [0.4, 0.5) is 30.4 Å². The van der Waals surface area contributed by atoms with Crippen LogP contribution in [0.1, 0.15) is 11.1 Å². The highest BCUT2D eigenvalue weighted by Crippen LogP contribution is 2.31. The molecule has 170 valence electrons. The molecule has 6 nitrogen and oxygen atoms in total. The number of carbonyl (C=O) groups excluding carboxylic acids is 1. The number of para-hydroxylation sites is 1. The van der Waals surface area contributed by atoms with Crippen LogP contribution in [0.5, 0.6) is 0 Å². The Balaban J connectivity index is 1.29. The highest BCUT2D eigenvalue weighted by Gasteiger charge is 2.30. The molecule has 2 aromatic heterocycles. The van der Waals surface area contributed by atoms with Gasteiger partial charge in [0.25, 0.3) is 0 Å². The van der Waals surface area contributed by atoms with E-state index >= 15 is 0 Å². The minimum absolute atomic E-state index is 0.0245. The third kappa shape index (κ3) is 4.40. The van der Waals surface area contributed by atoms with E-state index in [1.54, 1.807) is 12.1 Å². The largest absolute Gasteiger partial charge is 0.416 e. The number of aromatic amines is 1. The van der Waals surface area contributed by atoms with E-state index in [2.05, 4.69) is 25.6 Å². The standard InChI is InChI=1S/C25H18F3N5O/c26-25(27,28)16-4-3-5-18(13-16)31-21(34)12-15-8-10-17(11-9-15)32-23-22-19-6-1-2-7-20(19)33-24(22)30-14-29-23/h1-11,13-14H,12H2,(H,31,34)(H2,29,30,32,33). The second-order valence-electron chi connectivity index (χ2n) is 7.74. The Morgan fingerprint density at radius 1 is 0.912 bits per heavy atom. The smallest absolute Gasteiger partial charge is 0.340 e. The molecule has 0 aliphatic rings. The number of alkyl halides is 3. The van der Waals surface area contributed by atoms with Gasteiger partial charge in [0.2, 0.25) is 5.91 Å². The van der Waals surface area contributed by atoms with Crippen molar-refractivity contribution in [3.05, 3.63) is 90.3 Å². The molecule has 5 aromatic rings. The normalized spacial score (nSPS) is 11.6. The first-order valence-corrected chi connectivity index (χ1v) is 10.4. The van der Waals surface area contributed by atoms with Gasteiger partial charge in [0.1, 0.15) is 17.8 Å². The predicted molar refractivity (Wildman–Crippen MR) is 125 cm³/mol. The van der Waals surface area contributed by atoms with E-state index in [1.165, 1.54) is 18.5 Å². The number of amides is 1. The number of aromatic nitrogens is 3. The number of fused-ring (bicyclic) bond motifs is 3. The number of halogens is 3. The van der Waals surface area contributed by atoms with Gasteiger partial charge < -0.3 is 15.6 Å². The summed E-state index contributed by atoms with van der Waals surface area (Å²) in [7, 11) is 0. The fourth-order valence-electron chi connectivity index (χ4n) is 3.77.